The summed E-state index contributed by atoms with van der Waals surface area (Å²) in [5.74, 6) is 0.921. The molecular weight excluding hydrogens is 246 g/mol. The number of pyridine rings is 1. The molecular formula is C17H15N3. The molecule has 0 radical (unpaired) electrons. The number of benzene rings is 1. The first-order valence-electron chi connectivity index (χ1n) is 7.00. The highest BCUT2D eigenvalue weighted by Gasteiger charge is 2.49. The summed E-state index contributed by atoms with van der Waals surface area (Å²) < 4.78 is 0. The highest BCUT2D eigenvalue weighted by atomic mass is 15.2. The van der Waals surface area contributed by atoms with E-state index in [1.807, 2.05) is 6.07 Å². The third-order valence-corrected chi connectivity index (χ3v) is 4.50. The van der Waals surface area contributed by atoms with Crippen LogP contribution in [-0.4, -0.2) is 11.5 Å². The molecule has 0 atom stereocenters. The zero-order valence-electron chi connectivity index (χ0n) is 11.2. The predicted molar refractivity (Wildman–Crippen MR) is 77.4 cm³/mol. The molecule has 1 fully saturated rings. The van der Waals surface area contributed by atoms with Gasteiger partial charge in [-0.2, -0.15) is 5.26 Å². The molecule has 0 unspecified atom stereocenters. The highest BCUT2D eigenvalue weighted by Crippen LogP contribution is 2.52. The van der Waals surface area contributed by atoms with Crippen LogP contribution in [0.15, 0.2) is 42.6 Å². The lowest BCUT2D eigenvalue weighted by atomic mass is 9.87. The minimum absolute atomic E-state index is 0.333. The van der Waals surface area contributed by atoms with Crippen LogP contribution in [0.4, 0.5) is 5.82 Å². The van der Waals surface area contributed by atoms with E-state index < -0.39 is 0 Å². The lowest BCUT2D eigenvalue weighted by Crippen LogP contribution is -2.38. The molecule has 0 amide bonds. The molecule has 1 aromatic carbocycles. The number of nitriles is 1. The molecule has 1 saturated carbocycles. The van der Waals surface area contributed by atoms with E-state index in [1.54, 1.807) is 12.3 Å². The first-order valence-corrected chi connectivity index (χ1v) is 7.00. The van der Waals surface area contributed by atoms with Crippen molar-refractivity contribution in [2.75, 3.05) is 11.4 Å². The summed E-state index contributed by atoms with van der Waals surface area (Å²) in [5, 5.41) is 9.04. The third-order valence-electron chi connectivity index (χ3n) is 4.50. The average Bonchev–Trinajstić information content (AvgIpc) is 3.27. The van der Waals surface area contributed by atoms with Gasteiger partial charge in [-0.05, 0) is 36.1 Å². The first-order chi connectivity index (χ1) is 9.81. The van der Waals surface area contributed by atoms with Gasteiger partial charge in [0.05, 0.1) is 11.6 Å². The Kier molecular flexibility index (Phi) is 2.34. The van der Waals surface area contributed by atoms with E-state index in [1.165, 1.54) is 24.0 Å². The number of fused-ring (bicyclic) bond motifs is 2. The molecule has 2 aromatic rings. The zero-order chi connectivity index (χ0) is 13.6. The smallest absolute Gasteiger partial charge is 0.130 e. The molecule has 2 aliphatic rings. The molecule has 1 aromatic heterocycles. The van der Waals surface area contributed by atoms with Crippen molar-refractivity contribution in [1.29, 1.82) is 5.26 Å². The van der Waals surface area contributed by atoms with Gasteiger partial charge in [0.25, 0.3) is 0 Å². The number of hydrogen-bond donors (Lipinski definition) is 0. The summed E-state index contributed by atoms with van der Waals surface area (Å²) >= 11 is 0. The van der Waals surface area contributed by atoms with Crippen LogP contribution in [0.25, 0.3) is 0 Å². The summed E-state index contributed by atoms with van der Waals surface area (Å²) in [7, 11) is 0. The largest absolute Gasteiger partial charge is 0.351 e. The van der Waals surface area contributed by atoms with Gasteiger partial charge in [0.15, 0.2) is 0 Å². The monoisotopic (exact) mass is 261 g/mol. The highest BCUT2D eigenvalue weighted by molar-refractivity contribution is 5.52. The van der Waals surface area contributed by atoms with Crippen molar-refractivity contribution >= 4 is 5.82 Å². The maximum atomic E-state index is 9.04. The Morgan fingerprint density at radius 3 is 2.85 bits per heavy atom. The fraction of sp³-hybridized carbons (Fsp3) is 0.294. The van der Waals surface area contributed by atoms with Crippen LogP contribution < -0.4 is 4.90 Å². The van der Waals surface area contributed by atoms with Crippen molar-refractivity contribution < 1.29 is 0 Å². The molecule has 0 saturated heterocycles. The van der Waals surface area contributed by atoms with Gasteiger partial charge in [-0.3, -0.25) is 0 Å². The molecule has 20 heavy (non-hydrogen) atoms. The van der Waals surface area contributed by atoms with E-state index in [4.69, 9.17) is 5.26 Å². The Morgan fingerprint density at radius 1 is 1.20 bits per heavy atom. The maximum absolute atomic E-state index is 9.04. The molecule has 0 N–H and O–H groups in total. The first kappa shape index (κ1) is 11.5. The molecule has 98 valence electrons. The van der Waals surface area contributed by atoms with Gasteiger partial charge >= 0.3 is 0 Å². The van der Waals surface area contributed by atoms with Gasteiger partial charge in [-0.15, -0.1) is 0 Å². The maximum Gasteiger partial charge on any atom is 0.130 e. The molecule has 3 heteroatoms. The third kappa shape index (κ3) is 1.69. The van der Waals surface area contributed by atoms with Gasteiger partial charge in [0.1, 0.15) is 5.82 Å². The number of aromatic nitrogens is 1. The van der Waals surface area contributed by atoms with Crippen LogP contribution in [0.2, 0.25) is 0 Å². The van der Waals surface area contributed by atoms with E-state index in [2.05, 4.69) is 40.2 Å². The van der Waals surface area contributed by atoms with Crippen LogP contribution in [0, 0.1) is 11.3 Å². The predicted octanol–water partition coefficient (Wildman–Crippen LogP) is 3.01. The van der Waals surface area contributed by atoms with Gasteiger partial charge in [0, 0.05) is 24.7 Å². The van der Waals surface area contributed by atoms with Crippen LogP contribution in [0.1, 0.15) is 29.5 Å². The summed E-state index contributed by atoms with van der Waals surface area (Å²) in [6.07, 6.45) is 4.25. The van der Waals surface area contributed by atoms with E-state index in [0.29, 0.717) is 11.0 Å². The lowest BCUT2D eigenvalue weighted by Gasteiger charge is -2.35. The average molecular weight is 261 g/mol. The number of nitrogens with zero attached hydrogens (tertiary/aromatic N) is 3. The second-order valence-corrected chi connectivity index (χ2v) is 5.81. The number of anilines is 1. The normalized spacial score (nSPS) is 18.4. The van der Waals surface area contributed by atoms with E-state index >= 15 is 0 Å². The van der Waals surface area contributed by atoms with Crippen LogP contribution >= 0.6 is 0 Å². The van der Waals surface area contributed by atoms with Crippen molar-refractivity contribution in [3.8, 4) is 6.07 Å². The summed E-state index contributed by atoms with van der Waals surface area (Å²) in [6, 6.07) is 14.6. The van der Waals surface area contributed by atoms with Gasteiger partial charge in [-0.25, -0.2) is 4.98 Å². The summed E-state index contributed by atoms with van der Waals surface area (Å²) in [5.41, 5.74) is 3.94. The number of rotatable bonds is 1. The minimum Gasteiger partial charge on any atom is -0.351 e. The fourth-order valence-corrected chi connectivity index (χ4v) is 3.29. The Morgan fingerprint density at radius 2 is 2.05 bits per heavy atom. The Bertz CT molecular complexity index is 710. The van der Waals surface area contributed by atoms with Crippen LogP contribution in [0.5, 0.6) is 0 Å². The molecule has 0 bridgehead atoms. The second kappa shape index (κ2) is 4.08. The van der Waals surface area contributed by atoms with Crippen molar-refractivity contribution in [3.63, 3.8) is 0 Å². The quantitative estimate of drug-likeness (QED) is 0.792. The zero-order valence-corrected chi connectivity index (χ0v) is 11.2. The fourth-order valence-electron chi connectivity index (χ4n) is 3.29. The SMILES string of the molecule is N#Cc1ccnc(N2Cc3ccccc3C3(CC3)C2)c1. The Balaban J connectivity index is 1.74. The van der Waals surface area contributed by atoms with Crippen molar-refractivity contribution in [3.05, 3.63) is 59.3 Å². The topological polar surface area (TPSA) is 39.9 Å². The van der Waals surface area contributed by atoms with E-state index in [0.717, 1.165) is 18.9 Å². The van der Waals surface area contributed by atoms with Gasteiger partial charge in [-0.1, -0.05) is 24.3 Å². The Hall–Kier alpha value is -2.34. The standard InChI is InChI=1S/C17H15N3/c18-10-13-5-8-19-16(9-13)20-11-14-3-1-2-4-15(14)17(12-20)6-7-17/h1-5,8-9H,6-7,11-12H2. The van der Waals surface area contributed by atoms with Gasteiger partial charge < -0.3 is 4.90 Å². The summed E-state index contributed by atoms with van der Waals surface area (Å²) in [4.78, 5) is 6.77. The van der Waals surface area contributed by atoms with Crippen molar-refractivity contribution in [2.45, 2.75) is 24.8 Å². The molecule has 2 heterocycles. The molecule has 1 aliphatic heterocycles. The van der Waals surface area contributed by atoms with E-state index in [-0.39, 0.29) is 0 Å². The number of hydrogen-bond acceptors (Lipinski definition) is 3. The molecule has 3 nitrogen and oxygen atoms in total. The molecule has 4 rings (SSSR count). The molecule has 1 spiro atoms. The van der Waals surface area contributed by atoms with Crippen molar-refractivity contribution in [1.82, 2.24) is 4.98 Å². The van der Waals surface area contributed by atoms with Crippen molar-refractivity contribution in [2.24, 2.45) is 0 Å². The van der Waals surface area contributed by atoms with Crippen LogP contribution in [0.3, 0.4) is 0 Å². The molecule has 1 aliphatic carbocycles. The van der Waals surface area contributed by atoms with Crippen LogP contribution in [-0.2, 0) is 12.0 Å². The summed E-state index contributed by atoms with van der Waals surface area (Å²) in [6.45, 7) is 1.91. The Labute approximate surface area is 118 Å². The van der Waals surface area contributed by atoms with E-state index in [9.17, 15) is 0 Å². The lowest BCUT2D eigenvalue weighted by molar-refractivity contribution is 0.588. The van der Waals surface area contributed by atoms with Gasteiger partial charge in [0.2, 0.25) is 0 Å². The minimum atomic E-state index is 0.333. The second-order valence-electron chi connectivity index (χ2n) is 5.81.